The van der Waals surface area contributed by atoms with Crippen molar-refractivity contribution in [2.45, 2.75) is 25.9 Å². The molecule has 0 radical (unpaired) electrons. The number of rotatable bonds is 3. The number of fused-ring (bicyclic) bond motifs is 4. The molecular weight excluding hydrogens is 410 g/mol. The minimum atomic E-state index is -0.130. The third-order valence-electron chi connectivity index (χ3n) is 5.78. The number of pyridine rings is 2. The van der Waals surface area contributed by atoms with Gasteiger partial charge >= 0.3 is 0 Å². The molecule has 1 aromatic carbocycles. The van der Waals surface area contributed by atoms with Crippen LogP contribution < -0.4 is 15.0 Å². The summed E-state index contributed by atoms with van der Waals surface area (Å²) in [5, 5.41) is 3.32. The van der Waals surface area contributed by atoms with Crippen LogP contribution in [-0.2, 0) is 4.79 Å². The number of hydrogen-bond donors (Lipinski definition) is 1. The van der Waals surface area contributed by atoms with Gasteiger partial charge in [0.15, 0.2) is 0 Å². The molecule has 7 nitrogen and oxygen atoms in total. The normalized spacial score (nSPS) is 17.4. The lowest BCUT2D eigenvalue weighted by Crippen LogP contribution is -2.24. The van der Waals surface area contributed by atoms with Crippen molar-refractivity contribution in [3.63, 3.8) is 0 Å². The average molecular weight is 430 g/mol. The molecular formula is C23H19N5O2S. The molecule has 1 fully saturated rings. The van der Waals surface area contributed by atoms with Crippen LogP contribution in [0.5, 0.6) is 5.75 Å². The summed E-state index contributed by atoms with van der Waals surface area (Å²) in [6, 6.07) is 9.98. The number of hydrogen-bond acceptors (Lipinski definition) is 7. The van der Waals surface area contributed by atoms with E-state index in [1.165, 1.54) is 11.3 Å². The van der Waals surface area contributed by atoms with E-state index in [1.54, 1.807) is 11.7 Å². The minimum Gasteiger partial charge on any atom is -0.485 e. The van der Waals surface area contributed by atoms with Crippen LogP contribution in [0.15, 0.2) is 48.2 Å². The highest BCUT2D eigenvalue weighted by atomic mass is 32.1. The molecule has 1 amide bonds. The Balaban J connectivity index is 1.33. The average Bonchev–Trinajstić information content (AvgIpc) is 3.42. The number of benzene rings is 1. The summed E-state index contributed by atoms with van der Waals surface area (Å²) in [7, 11) is 0. The molecule has 8 heteroatoms. The van der Waals surface area contributed by atoms with E-state index in [4.69, 9.17) is 4.74 Å². The maximum Gasteiger partial charge on any atom is 0.227 e. The van der Waals surface area contributed by atoms with Crippen molar-refractivity contribution in [2.24, 2.45) is 0 Å². The Morgan fingerprint density at radius 2 is 2.06 bits per heavy atom. The third-order valence-corrected chi connectivity index (χ3v) is 6.53. The van der Waals surface area contributed by atoms with E-state index in [-0.39, 0.29) is 12.0 Å². The minimum absolute atomic E-state index is 0.130. The SMILES string of the molecule is C[C@@H]1Oc2cc(N3CCCC3=O)ccc2-c2cnc(Nc3cnc4scnc4c3)cc21. The maximum atomic E-state index is 12.1. The second-order valence-corrected chi connectivity index (χ2v) is 8.61. The summed E-state index contributed by atoms with van der Waals surface area (Å²) >= 11 is 1.52. The second-order valence-electron chi connectivity index (χ2n) is 7.77. The fourth-order valence-electron chi connectivity index (χ4n) is 4.25. The Labute approximate surface area is 182 Å². The molecule has 3 aromatic heterocycles. The van der Waals surface area contributed by atoms with Gasteiger partial charge in [-0.25, -0.2) is 15.0 Å². The Kier molecular flexibility index (Phi) is 4.14. The summed E-state index contributed by atoms with van der Waals surface area (Å²) in [5.41, 5.74) is 7.51. The van der Waals surface area contributed by atoms with Crippen LogP contribution >= 0.6 is 11.3 Å². The summed E-state index contributed by atoms with van der Waals surface area (Å²) < 4.78 is 6.23. The van der Waals surface area contributed by atoms with Crippen LogP contribution in [-0.4, -0.2) is 27.4 Å². The van der Waals surface area contributed by atoms with Crippen LogP contribution in [0.4, 0.5) is 17.2 Å². The first-order valence-electron chi connectivity index (χ1n) is 10.2. The van der Waals surface area contributed by atoms with E-state index in [9.17, 15) is 4.79 Å². The van der Waals surface area contributed by atoms with E-state index in [1.807, 2.05) is 48.4 Å². The number of carbonyl (C=O) groups excluding carboxylic acids is 1. The quantitative estimate of drug-likeness (QED) is 0.489. The number of amides is 1. The van der Waals surface area contributed by atoms with Crippen molar-refractivity contribution in [1.29, 1.82) is 0 Å². The predicted octanol–water partition coefficient (Wildman–Crippen LogP) is 5.08. The molecule has 31 heavy (non-hydrogen) atoms. The number of nitrogens with one attached hydrogen (secondary N) is 1. The van der Waals surface area contributed by atoms with Crippen LogP contribution in [0.2, 0.25) is 0 Å². The summed E-state index contributed by atoms with van der Waals surface area (Å²) in [6.45, 7) is 2.80. The molecule has 0 bridgehead atoms. The Morgan fingerprint density at radius 3 is 2.94 bits per heavy atom. The van der Waals surface area contributed by atoms with Gasteiger partial charge in [-0.3, -0.25) is 4.79 Å². The molecule has 0 aliphatic carbocycles. The summed E-state index contributed by atoms with van der Waals surface area (Å²) in [5.74, 6) is 1.69. The molecule has 1 N–H and O–H groups in total. The van der Waals surface area contributed by atoms with E-state index in [0.29, 0.717) is 6.42 Å². The fraction of sp³-hybridized carbons (Fsp3) is 0.217. The highest BCUT2D eigenvalue weighted by Crippen LogP contribution is 2.44. The maximum absolute atomic E-state index is 12.1. The molecule has 1 atom stereocenters. The fourth-order valence-corrected chi connectivity index (χ4v) is 4.86. The first kappa shape index (κ1) is 18.3. The van der Waals surface area contributed by atoms with Crippen molar-refractivity contribution in [3.05, 3.63) is 53.8 Å². The number of aromatic nitrogens is 3. The Bertz CT molecular complexity index is 1330. The van der Waals surface area contributed by atoms with Crippen molar-refractivity contribution in [2.75, 3.05) is 16.8 Å². The Morgan fingerprint density at radius 1 is 1.13 bits per heavy atom. The van der Waals surface area contributed by atoms with Crippen molar-refractivity contribution < 1.29 is 9.53 Å². The highest BCUT2D eigenvalue weighted by molar-refractivity contribution is 7.16. The smallest absolute Gasteiger partial charge is 0.227 e. The topological polar surface area (TPSA) is 80.2 Å². The van der Waals surface area contributed by atoms with Gasteiger partial charge in [0.2, 0.25) is 5.91 Å². The van der Waals surface area contributed by atoms with E-state index < -0.39 is 0 Å². The van der Waals surface area contributed by atoms with Gasteiger partial charge in [0.25, 0.3) is 0 Å². The molecule has 0 saturated carbocycles. The monoisotopic (exact) mass is 429 g/mol. The van der Waals surface area contributed by atoms with E-state index in [2.05, 4.69) is 20.3 Å². The zero-order valence-corrected chi connectivity index (χ0v) is 17.6. The first-order valence-corrected chi connectivity index (χ1v) is 11.1. The van der Waals surface area contributed by atoms with Gasteiger partial charge in [-0.2, -0.15) is 0 Å². The Hall–Kier alpha value is -3.52. The van der Waals surface area contributed by atoms with Gasteiger partial charge in [0, 0.05) is 47.6 Å². The standard InChI is InChI=1S/C23H19N5O2S/c1-13-17-9-21(27-14-7-19-23(25-10-14)31-12-26-19)24-11-18(17)16-5-4-15(8-20(16)30-13)28-6-2-3-22(28)29/h4-5,7-13H,2-3,6H2,1H3,(H,24,27)/t13-/m0/s1. The number of thiazole rings is 1. The van der Waals surface area contributed by atoms with Crippen LogP contribution in [0.3, 0.4) is 0 Å². The lowest BCUT2D eigenvalue weighted by atomic mass is 9.94. The molecule has 0 spiro atoms. The largest absolute Gasteiger partial charge is 0.485 e. The van der Waals surface area contributed by atoms with Gasteiger partial charge in [-0.05, 0) is 37.6 Å². The second kappa shape index (κ2) is 7.02. The number of anilines is 3. The van der Waals surface area contributed by atoms with Crippen LogP contribution in [0, 0.1) is 0 Å². The molecule has 4 aromatic rings. The molecule has 5 heterocycles. The van der Waals surface area contributed by atoms with Crippen LogP contribution in [0.25, 0.3) is 21.5 Å². The molecule has 154 valence electrons. The van der Waals surface area contributed by atoms with Crippen molar-refractivity contribution in [3.8, 4) is 16.9 Å². The third kappa shape index (κ3) is 3.11. The molecule has 0 unspecified atom stereocenters. The molecule has 2 aliphatic rings. The van der Waals surface area contributed by atoms with Crippen LogP contribution in [0.1, 0.15) is 31.4 Å². The van der Waals surface area contributed by atoms with Crippen molar-refractivity contribution >= 4 is 44.8 Å². The molecule has 1 saturated heterocycles. The first-order chi connectivity index (χ1) is 15.2. The van der Waals surface area contributed by atoms with Gasteiger partial charge in [0.1, 0.15) is 28.0 Å². The van der Waals surface area contributed by atoms with Gasteiger partial charge < -0.3 is 15.0 Å². The van der Waals surface area contributed by atoms with Gasteiger partial charge in [0.05, 0.1) is 17.4 Å². The number of carbonyl (C=O) groups is 1. The molecule has 6 rings (SSSR count). The van der Waals surface area contributed by atoms with Gasteiger partial charge in [-0.1, -0.05) is 0 Å². The highest BCUT2D eigenvalue weighted by Gasteiger charge is 2.27. The lowest BCUT2D eigenvalue weighted by Gasteiger charge is -2.28. The number of nitrogens with zero attached hydrogens (tertiary/aromatic N) is 4. The summed E-state index contributed by atoms with van der Waals surface area (Å²) in [4.78, 5) is 28.2. The van der Waals surface area contributed by atoms with E-state index >= 15 is 0 Å². The number of ether oxygens (including phenoxy) is 1. The van der Waals surface area contributed by atoms with E-state index in [0.717, 1.165) is 62.9 Å². The van der Waals surface area contributed by atoms with Gasteiger partial charge in [-0.15, -0.1) is 11.3 Å². The zero-order valence-electron chi connectivity index (χ0n) is 16.8. The lowest BCUT2D eigenvalue weighted by molar-refractivity contribution is -0.117. The van der Waals surface area contributed by atoms with Crippen molar-refractivity contribution in [1.82, 2.24) is 15.0 Å². The summed E-state index contributed by atoms with van der Waals surface area (Å²) in [6.07, 6.45) is 5.06. The predicted molar refractivity (Wildman–Crippen MR) is 121 cm³/mol. The zero-order chi connectivity index (χ0) is 20.9. The molecule has 2 aliphatic heterocycles.